The fraction of sp³-hybridized carbons (Fsp3) is 0.348. The van der Waals surface area contributed by atoms with Gasteiger partial charge in [0.05, 0.1) is 19.8 Å². The molecule has 1 aromatic heterocycles. The molecular weight excluding hydrogens is 416 g/mol. The zero-order valence-electron chi connectivity index (χ0n) is 17.9. The lowest BCUT2D eigenvalue weighted by molar-refractivity contribution is 0.122. The predicted molar refractivity (Wildman–Crippen MR) is 119 cm³/mol. The number of hydrogen-bond acceptors (Lipinski definition) is 7. The van der Waals surface area contributed by atoms with Gasteiger partial charge in [0.15, 0.2) is 11.6 Å². The van der Waals surface area contributed by atoms with Crippen LogP contribution in [0.5, 0.6) is 11.8 Å². The number of hydrogen-bond donors (Lipinski definition) is 1. The highest BCUT2D eigenvalue weighted by Crippen LogP contribution is 2.36. The lowest BCUT2D eigenvalue weighted by Crippen LogP contribution is -2.36. The smallest absolute Gasteiger partial charge is 0.326 e. The van der Waals surface area contributed by atoms with E-state index < -0.39 is 11.6 Å². The fourth-order valence-electron chi connectivity index (χ4n) is 3.96. The van der Waals surface area contributed by atoms with Crippen molar-refractivity contribution in [3.8, 4) is 11.8 Å². The van der Waals surface area contributed by atoms with Crippen LogP contribution in [0, 0.1) is 11.6 Å². The number of fused-ring (bicyclic) bond motifs is 1. The van der Waals surface area contributed by atoms with Crippen molar-refractivity contribution < 1.29 is 18.3 Å². The first kappa shape index (κ1) is 20.6. The van der Waals surface area contributed by atoms with Crippen LogP contribution in [0.15, 0.2) is 34.3 Å². The van der Waals surface area contributed by atoms with Gasteiger partial charge in [-0.3, -0.25) is 4.99 Å². The first-order valence-electron chi connectivity index (χ1n) is 10.5. The Hall–Kier alpha value is -3.33. The van der Waals surface area contributed by atoms with Crippen LogP contribution in [0.1, 0.15) is 25.0 Å². The number of benzene rings is 1. The summed E-state index contributed by atoms with van der Waals surface area (Å²) < 4.78 is 40.8. The number of aliphatic imine (C=N–C) groups is 1. The third-order valence-corrected chi connectivity index (χ3v) is 5.54. The van der Waals surface area contributed by atoms with E-state index in [9.17, 15) is 4.39 Å². The van der Waals surface area contributed by atoms with Crippen molar-refractivity contribution >= 4 is 23.5 Å². The SMILES string of the molecule is CC1=CC(Nc2cc(N3CCOCC3)nc(Oc3cc(F)c4c(c3F)C=C(C)C4)n2)=NC1. The maximum atomic E-state index is 15.1. The second-order valence-electron chi connectivity index (χ2n) is 8.14. The van der Waals surface area contributed by atoms with Crippen LogP contribution in [0.25, 0.3) is 6.08 Å². The third kappa shape index (κ3) is 4.08. The van der Waals surface area contributed by atoms with Crippen LogP contribution in [0.2, 0.25) is 0 Å². The molecule has 1 aromatic carbocycles. The standard InChI is InChI=1S/C23H23F2N5O2/c1-13-7-15-16(8-13)22(25)18(10-17(15)24)32-23-28-20(27-19-9-14(2)12-26-19)11-21(29-23)30-3-5-31-6-4-30/h8-11H,3-7,12H2,1-2H3,(H,26,27,28,29). The zero-order chi connectivity index (χ0) is 22.2. The molecule has 1 N–H and O–H groups in total. The van der Waals surface area contributed by atoms with Gasteiger partial charge < -0.3 is 19.7 Å². The fourth-order valence-corrected chi connectivity index (χ4v) is 3.96. The van der Waals surface area contributed by atoms with Crippen molar-refractivity contribution in [3.05, 3.63) is 52.1 Å². The summed E-state index contributed by atoms with van der Waals surface area (Å²) in [5, 5.41) is 3.16. The molecule has 3 aliphatic rings. The van der Waals surface area contributed by atoms with E-state index in [1.165, 1.54) is 0 Å². The summed E-state index contributed by atoms with van der Waals surface area (Å²) in [6, 6.07) is 2.77. The summed E-state index contributed by atoms with van der Waals surface area (Å²) in [5.41, 5.74) is 2.60. The number of morpholine rings is 1. The van der Waals surface area contributed by atoms with Crippen LogP contribution in [-0.4, -0.2) is 48.7 Å². The molecular formula is C23H23F2N5O2. The molecule has 166 valence electrons. The van der Waals surface area contributed by atoms with E-state index in [1.807, 2.05) is 24.8 Å². The Kier molecular flexibility index (Phi) is 5.34. The Morgan fingerprint density at radius 2 is 1.88 bits per heavy atom. The number of ether oxygens (including phenoxy) is 2. The number of nitrogens with one attached hydrogen (secondary N) is 1. The van der Waals surface area contributed by atoms with E-state index in [1.54, 1.807) is 12.1 Å². The van der Waals surface area contributed by atoms with Crippen molar-refractivity contribution in [3.63, 3.8) is 0 Å². The van der Waals surface area contributed by atoms with Gasteiger partial charge in [0.25, 0.3) is 0 Å². The molecule has 1 fully saturated rings. The Morgan fingerprint density at radius 1 is 1.06 bits per heavy atom. The lowest BCUT2D eigenvalue weighted by Gasteiger charge is -2.28. The maximum Gasteiger partial charge on any atom is 0.326 e. The van der Waals surface area contributed by atoms with E-state index in [4.69, 9.17) is 9.47 Å². The Balaban J connectivity index is 1.50. The highest BCUT2D eigenvalue weighted by Gasteiger charge is 2.24. The first-order chi connectivity index (χ1) is 15.5. The largest absolute Gasteiger partial charge is 0.421 e. The average Bonchev–Trinajstić information content (AvgIpc) is 3.38. The number of anilines is 2. The van der Waals surface area contributed by atoms with E-state index in [0.717, 1.165) is 17.2 Å². The molecule has 0 saturated carbocycles. The quantitative estimate of drug-likeness (QED) is 0.773. The lowest BCUT2D eigenvalue weighted by atomic mass is 10.1. The molecule has 32 heavy (non-hydrogen) atoms. The van der Waals surface area contributed by atoms with Gasteiger partial charge in [-0.25, -0.2) is 8.78 Å². The van der Waals surface area contributed by atoms with Gasteiger partial charge in [0.2, 0.25) is 0 Å². The van der Waals surface area contributed by atoms with Gasteiger partial charge >= 0.3 is 6.01 Å². The molecule has 0 spiro atoms. The molecule has 0 unspecified atom stereocenters. The van der Waals surface area contributed by atoms with E-state index in [0.29, 0.717) is 62.3 Å². The molecule has 2 aliphatic heterocycles. The van der Waals surface area contributed by atoms with Crippen LogP contribution in [0.4, 0.5) is 20.4 Å². The Bertz CT molecular complexity index is 1170. The molecule has 7 nitrogen and oxygen atoms in total. The Morgan fingerprint density at radius 3 is 2.62 bits per heavy atom. The molecule has 1 saturated heterocycles. The van der Waals surface area contributed by atoms with Gasteiger partial charge in [-0.05, 0) is 31.9 Å². The zero-order valence-corrected chi connectivity index (χ0v) is 17.9. The summed E-state index contributed by atoms with van der Waals surface area (Å²) in [6.45, 7) is 6.92. The number of allylic oxidation sites excluding steroid dienone is 1. The molecule has 9 heteroatoms. The first-order valence-corrected chi connectivity index (χ1v) is 10.5. The Labute approximate surface area is 184 Å². The highest BCUT2D eigenvalue weighted by molar-refractivity contribution is 6.05. The molecule has 0 bridgehead atoms. The van der Waals surface area contributed by atoms with Gasteiger partial charge in [0.1, 0.15) is 23.3 Å². The van der Waals surface area contributed by atoms with Crippen molar-refractivity contribution in [2.45, 2.75) is 20.3 Å². The normalized spacial score (nSPS) is 17.6. The average molecular weight is 439 g/mol. The minimum Gasteiger partial charge on any atom is -0.421 e. The second kappa shape index (κ2) is 8.31. The second-order valence-corrected chi connectivity index (χ2v) is 8.14. The van der Waals surface area contributed by atoms with Gasteiger partial charge in [0, 0.05) is 36.3 Å². The van der Waals surface area contributed by atoms with E-state index in [2.05, 4.69) is 20.3 Å². The topological polar surface area (TPSA) is 71.9 Å². The summed E-state index contributed by atoms with van der Waals surface area (Å²) in [5.74, 6) is 0.374. The number of nitrogens with zero attached hydrogens (tertiary/aromatic N) is 4. The van der Waals surface area contributed by atoms with Crippen molar-refractivity contribution in [2.24, 2.45) is 4.99 Å². The molecule has 3 heterocycles. The number of halogens is 2. The molecule has 5 rings (SSSR count). The van der Waals surface area contributed by atoms with Gasteiger partial charge in [-0.1, -0.05) is 11.6 Å². The minimum atomic E-state index is -0.619. The molecule has 0 radical (unpaired) electrons. The number of amidine groups is 1. The van der Waals surface area contributed by atoms with Gasteiger partial charge in [-0.15, -0.1) is 0 Å². The predicted octanol–water partition coefficient (Wildman–Crippen LogP) is 4.11. The number of rotatable bonds is 4. The van der Waals surface area contributed by atoms with Crippen LogP contribution >= 0.6 is 0 Å². The summed E-state index contributed by atoms with van der Waals surface area (Å²) in [6.07, 6.45) is 3.97. The minimum absolute atomic E-state index is 0.0762. The molecule has 0 atom stereocenters. The van der Waals surface area contributed by atoms with Crippen LogP contribution in [0.3, 0.4) is 0 Å². The molecule has 0 amide bonds. The summed E-state index contributed by atoms with van der Waals surface area (Å²) in [7, 11) is 0. The van der Waals surface area contributed by atoms with Crippen molar-refractivity contribution in [2.75, 3.05) is 43.1 Å². The third-order valence-electron chi connectivity index (χ3n) is 5.54. The summed E-state index contributed by atoms with van der Waals surface area (Å²) in [4.78, 5) is 15.3. The van der Waals surface area contributed by atoms with Crippen molar-refractivity contribution in [1.82, 2.24) is 9.97 Å². The molecule has 1 aliphatic carbocycles. The van der Waals surface area contributed by atoms with E-state index >= 15 is 4.39 Å². The monoisotopic (exact) mass is 439 g/mol. The van der Waals surface area contributed by atoms with Crippen molar-refractivity contribution in [1.29, 1.82) is 0 Å². The molecule has 2 aromatic rings. The maximum absolute atomic E-state index is 15.1. The number of aromatic nitrogens is 2. The van der Waals surface area contributed by atoms with E-state index in [-0.39, 0.29) is 17.3 Å². The van der Waals surface area contributed by atoms with Crippen LogP contribution in [-0.2, 0) is 11.2 Å². The van der Waals surface area contributed by atoms with Crippen LogP contribution < -0.4 is 15.0 Å². The highest BCUT2D eigenvalue weighted by atomic mass is 19.1. The van der Waals surface area contributed by atoms with Gasteiger partial charge in [-0.2, -0.15) is 9.97 Å². The summed E-state index contributed by atoms with van der Waals surface area (Å²) >= 11 is 0.